The molecule has 4 rings (SSSR count). The van der Waals surface area contributed by atoms with Crippen LogP contribution in [-0.4, -0.2) is 41.6 Å². The number of hydrogen-bond acceptors (Lipinski definition) is 4. The summed E-state index contributed by atoms with van der Waals surface area (Å²) in [6, 6.07) is 7.32. The standard InChI is InChI=1S/C20H24N4O3/c1-27-17-6-4-16(5-7-17)24-13-15(12-18(24)25)20(26)22-9-11-23-10-8-21-19(23)14-2-3-14/h4-8,10,14-15H,2-3,9,11-13H2,1H3,(H,22,26). The predicted octanol–water partition coefficient (Wildman–Crippen LogP) is 1.94. The average Bonchev–Trinajstić information content (AvgIpc) is 3.30. The Morgan fingerprint density at radius 2 is 2.07 bits per heavy atom. The summed E-state index contributed by atoms with van der Waals surface area (Å²) in [6.45, 7) is 1.66. The zero-order valence-electron chi connectivity index (χ0n) is 15.4. The van der Waals surface area contributed by atoms with Crippen LogP contribution in [0, 0.1) is 5.92 Å². The number of hydrogen-bond donors (Lipinski definition) is 1. The number of nitrogens with one attached hydrogen (secondary N) is 1. The van der Waals surface area contributed by atoms with E-state index >= 15 is 0 Å². The van der Waals surface area contributed by atoms with Crippen molar-refractivity contribution in [3.8, 4) is 5.75 Å². The fourth-order valence-corrected chi connectivity index (χ4v) is 3.55. The highest BCUT2D eigenvalue weighted by Crippen LogP contribution is 2.38. The molecule has 1 aromatic carbocycles. The second-order valence-electron chi connectivity index (χ2n) is 7.15. The van der Waals surface area contributed by atoms with E-state index in [-0.39, 0.29) is 24.2 Å². The highest BCUT2D eigenvalue weighted by molar-refractivity contribution is 6.00. The van der Waals surface area contributed by atoms with Crippen LogP contribution in [0.15, 0.2) is 36.7 Å². The van der Waals surface area contributed by atoms with Crippen LogP contribution in [-0.2, 0) is 16.1 Å². The fraction of sp³-hybridized carbons (Fsp3) is 0.450. The van der Waals surface area contributed by atoms with E-state index < -0.39 is 0 Å². The van der Waals surface area contributed by atoms with Crippen molar-refractivity contribution in [2.75, 3.05) is 25.1 Å². The lowest BCUT2D eigenvalue weighted by Gasteiger charge is -2.17. The summed E-state index contributed by atoms with van der Waals surface area (Å²) < 4.78 is 7.26. The Hall–Kier alpha value is -2.83. The minimum atomic E-state index is -0.315. The van der Waals surface area contributed by atoms with Gasteiger partial charge in [0.05, 0.1) is 13.0 Å². The van der Waals surface area contributed by atoms with E-state index in [2.05, 4.69) is 14.9 Å². The summed E-state index contributed by atoms with van der Waals surface area (Å²) in [4.78, 5) is 30.9. The van der Waals surface area contributed by atoms with E-state index in [4.69, 9.17) is 4.74 Å². The number of carbonyl (C=O) groups is 2. The van der Waals surface area contributed by atoms with E-state index in [1.54, 1.807) is 12.0 Å². The highest BCUT2D eigenvalue weighted by Gasteiger charge is 2.35. The summed E-state index contributed by atoms with van der Waals surface area (Å²) >= 11 is 0. The number of aromatic nitrogens is 2. The molecule has 7 heteroatoms. The second kappa shape index (κ2) is 7.42. The normalized spacial score (nSPS) is 19.4. The number of amides is 2. The van der Waals surface area contributed by atoms with Crippen molar-refractivity contribution in [2.45, 2.75) is 31.7 Å². The van der Waals surface area contributed by atoms with Crippen LogP contribution in [0.2, 0.25) is 0 Å². The molecule has 1 saturated heterocycles. The van der Waals surface area contributed by atoms with Gasteiger partial charge in [0, 0.05) is 50.1 Å². The topological polar surface area (TPSA) is 76.5 Å². The Labute approximate surface area is 158 Å². The van der Waals surface area contributed by atoms with Gasteiger partial charge in [-0.2, -0.15) is 0 Å². The molecule has 1 saturated carbocycles. The lowest BCUT2D eigenvalue weighted by atomic mass is 10.1. The summed E-state index contributed by atoms with van der Waals surface area (Å²) in [5.41, 5.74) is 0.795. The van der Waals surface area contributed by atoms with Crippen LogP contribution < -0.4 is 15.0 Å². The number of carbonyl (C=O) groups excluding carboxylic acids is 2. The molecule has 1 atom stereocenters. The second-order valence-corrected chi connectivity index (χ2v) is 7.15. The van der Waals surface area contributed by atoms with Crippen LogP contribution in [0.3, 0.4) is 0 Å². The molecule has 1 N–H and O–H groups in total. The Bertz CT molecular complexity index is 826. The van der Waals surface area contributed by atoms with E-state index in [0.717, 1.165) is 17.3 Å². The smallest absolute Gasteiger partial charge is 0.227 e. The Morgan fingerprint density at radius 3 is 2.78 bits per heavy atom. The van der Waals surface area contributed by atoms with Gasteiger partial charge < -0.3 is 19.5 Å². The molecule has 2 heterocycles. The molecular formula is C20H24N4O3. The van der Waals surface area contributed by atoms with Gasteiger partial charge in [-0.05, 0) is 37.1 Å². The van der Waals surface area contributed by atoms with Crippen LogP contribution >= 0.6 is 0 Å². The first-order valence-electron chi connectivity index (χ1n) is 9.39. The number of benzene rings is 1. The first kappa shape index (κ1) is 17.6. The third kappa shape index (κ3) is 3.82. The quantitative estimate of drug-likeness (QED) is 0.810. The molecule has 142 valence electrons. The van der Waals surface area contributed by atoms with Gasteiger partial charge in [-0.1, -0.05) is 0 Å². The van der Waals surface area contributed by atoms with Gasteiger partial charge in [-0.25, -0.2) is 4.98 Å². The molecule has 1 aliphatic carbocycles. The fourth-order valence-electron chi connectivity index (χ4n) is 3.55. The number of methoxy groups -OCH3 is 1. The van der Waals surface area contributed by atoms with Gasteiger partial charge >= 0.3 is 0 Å². The zero-order valence-corrected chi connectivity index (χ0v) is 15.4. The van der Waals surface area contributed by atoms with E-state index in [1.807, 2.05) is 36.7 Å². The number of ether oxygens (including phenoxy) is 1. The van der Waals surface area contributed by atoms with Crippen LogP contribution in [0.4, 0.5) is 5.69 Å². The molecule has 1 unspecified atom stereocenters. The molecular weight excluding hydrogens is 344 g/mol. The van der Waals surface area contributed by atoms with Crippen molar-refractivity contribution in [1.29, 1.82) is 0 Å². The predicted molar refractivity (Wildman–Crippen MR) is 101 cm³/mol. The summed E-state index contributed by atoms with van der Waals surface area (Å²) in [7, 11) is 1.60. The SMILES string of the molecule is COc1ccc(N2CC(C(=O)NCCn3ccnc3C3CC3)CC2=O)cc1. The Kier molecular flexibility index (Phi) is 4.83. The van der Waals surface area contributed by atoms with Crippen molar-refractivity contribution >= 4 is 17.5 Å². The monoisotopic (exact) mass is 368 g/mol. The third-order valence-corrected chi connectivity index (χ3v) is 5.22. The van der Waals surface area contributed by atoms with Crippen molar-refractivity contribution in [1.82, 2.24) is 14.9 Å². The largest absolute Gasteiger partial charge is 0.497 e. The average molecular weight is 368 g/mol. The molecule has 1 aromatic heterocycles. The molecule has 0 radical (unpaired) electrons. The Morgan fingerprint density at radius 1 is 1.30 bits per heavy atom. The first-order valence-corrected chi connectivity index (χ1v) is 9.39. The maximum absolute atomic E-state index is 12.5. The van der Waals surface area contributed by atoms with Crippen molar-refractivity contribution in [3.63, 3.8) is 0 Å². The van der Waals surface area contributed by atoms with Crippen molar-refractivity contribution in [2.24, 2.45) is 5.92 Å². The van der Waals surface area contributed by atoms with Gasteiger partial charge in [0.1, 0.15) is 11.6 Å². The maximum Gasteiger partial charge on any atom is 0.227 e. The van der Waals surface area contributed by atoms with Crippen LogP contribution in [0.25, 0.3) is 0 Å². The molecule has 7 nitrogen and oxygen atoms in total. The molecule has 2 aromatic rings. The number of anilines is 1. The summed E-state index contributed by atoms with van der Waals surface area (Å²) in [6.07, 6.45) is 6.43. The molecule has 27 heavy (non-hydrogen) atoms. The Balaban J connectivity index is 1.30. The zero-order chi connectivity index (χ0) is 18.8. The molecule has 2 amide bonds. The van der Waals surface area contributed by atoms with Crippen LogP contribution in [0.5, 0.6) is 5.75 Å². The minimum Gasteiger partial charge on any atom is -0.497 e. The lowest BCUT2D eigenvalue weighted by molar-refractivity contribution is -0.126. The lowest BCUT2D eigenvalue weighted by Crippen LogP contribution is -2.34. The first-order chi connectivity index (χ1) is 13.2. The molecule has 0 spiro atoms. The molecule has 0 bridgehead atoms. The van der Waals surface area contributed by atoms with E-state index in [0.29, 0.717) is 25.6 Å². The maximum atomic E-state index is 12.5. The van der Waals surface area contributed by atoms with Crippen molar-refractivity contribution in [3.05, 3.63) is 42.5 Å². The highest BCUT2D eigenvalue weighted by atomic mass is 16.5. The number of imidazole rings is 1. The summed E-state index contributed by atoms with van der Waals surface area (Å²) in [5.74, 6) is 2.04. The van der Waals surface area contributed by atoms with Gasteiger partial charge in [-0.15, -0.1) is 0 Å². The van der Waals surface area contributed by atoms with Gasteiger partial charge in [0.15, 0.2) is 0 Å². The van der Waals surface area contributed by atoms with Crippen LogP contribution in [0.1, 0.15) is 31.0 Å². The molecule has 2 aliphatic rings. The van der Waals surface area contributed by atoms with Gasteiger partial charge in [-0.3, -0.25) is 9.59 Å². The number of rotatable bonds is 7. The minimum absolute atomic E-state index is 0.0223. The summed E-state index contributed by atoms with van der Waals surface area (Å²) in [5, 5.41) is 2.97. The molecule has 2 fully saturated rings. The third-order valence-electron chi connectivity index (χ3n) is 5.22. The van der Waals surface area contributed by atoms with Gasteiger partial charge in [0.2, 0.25) is 11.8 Å². The number of nitrogens with zero attached hydrogens (tertiary/aromatic N) is 3. The van der Waals surface area contributed by atoms with E-state index in [9.17, 15) is 9.59 Å². The van der Waals surface area contributed by atoms with Crippen molar-refractivity contribution < 1.29 is 14.3 Å². The van der Waals surface area contributed by atoms with E-state index in [1.165, 1.54) is 12.8 Å². The van der Waals surface area contributed by atoms with Gasteiger partial charge in [0.25, 0.3) is 0 Å². The molecule has 1 aliphatic heterocycles.